The molecule has 2 heterocycles. The molecule has 0 saturated heterocycles. The molecule has 0 aliphatic rings. The van der Waals surface area contributed by atoms with E-state index < -0.39 is 17.8 Å². The third-order valence-electron chi connectivity index (χ3n) is 3.35. The Bertz CT molecular complexity index is 876. The molecule has 9 heteroatoms. The van der Waals surface area contributed by atoms with Gasteiger partial charge in [-0.3, -0.25) is 9.48 Å². The van der Waals surface area contributed by atoms with Gasteiger partial charge < -0.3 is 14.6 Å². The van der Waals surface area contributed by atoms with Crippen LogP contribution in [0, 0.1) is 5.82 Å². The molecule has 3 aromatic rings. The van der Waals surface area contributed by atoms with E-state index >= 15 is 0 Å². The van der Waals surface area contributed by atoms with Crippen molar-refractivity contribution in [3.63, 3.8) is 0 Å². The minimum absolute atomic E-state index is 0.0156. The molecule has 0 aliphatic heterocycles. The molecule has 2 aromatic heterocycles. The average molecular weight is 345 g/mol. The van der Waals surface area contributed by atoms with Crippen LogP contribution in [0.15, 0.2) is 41.2 Å². The van der Waals surface area contributed by atoms with Gasteiger partial charge >= 0.3 is 0 Å². The van der Waals surface area contributed by atoms with Crippen molar-refractivity contribution < 1.29 is 18.4 Å². The minimum Gasteiger partial charge on any atom is -0.478 e. The molecule has 0 spiro atoms. The summed E-state index contributed by atoms with van der Waals surface area (Å²) in [6.45, 7) is 1.56. The Hall–Kier alpha value is -3.23. The number of aromatic nitrogens is 4. The van der Waals surface area contributed by atoms with E-state index in [1.807, 2.05) is 0 Å². The highest BCUT2D eigenvalue weighted by Crippen LogP contribution is 2.17. The maximum atomic E-state index is 13.5. The maximum absolute atomic E-state index is 13.5. The van der Waals surface area contributed by atoms with Crippen LogP contribution in [-0.2, 0) is 18.4 Å². The lowest BCUT2D eigenvalue weighted by Gasteiger charge is -2.14. The van der Waals surface area contributed by atoms with E-state index in [2.05, 4.69) is 20.6 Å². The maximum Gasteiger partial charge on any atom is 0.261 e. The Morgan fingerprint density at radius 1 is 1.44 bits per heavy atom. The molecule has 25 heavy (non-hydrogen) atoms. The van der Waals surface area contributed by atoms with Crippen LogP contribution in [0.4, 0.5) is 4.39 Å². The summed E-state index contributed by atoms with van der Waals surface area (Å²) in [5.41, 5.74) is 0.708. The number of hydrogen-bond acceptors (Lipinski definition) is 6. The number of hydrogen-bond donors (Lipinski definition) is 1. The number of ether oxygens (including phenoxy) is 1. The van der Waals surface area contributed by atoms with Gasteiger partial charge in [0.2, 0.25) is 11.7 Å². The molecule has 1 amide bonds. The first-order valence-electron chi connectivity index (χ1n) is 7.53. The molecular formula is C16H16FN5O3. The summed E-state index contributed by atoms with van der Waals surface area (Å²) >= 11 is 0. The summed E-state index contributed by atoms with van der Waals surface area (Å²) in [6, 6.07) is 5.89. The molecule has 3 rings (SSSR count). The highest BCUT2D eigenvalue weighted by atomic mass is 19.1. The van der Waals surface area contributed by atoms with Crippen molar-refractivity contribution in [2.45, 2.75) is 19.6 Å². The molecule has 0 unspecified atom stereocenters. The number of nitrogens with zero attached hydrogens (tertiary/aromatic N) is 4. The molecule has 0 bridgehead atoms. The van der Waals surface area contributed by atoms with E-state index in [-0.39, 0.29) is 18.2 Å². The molecule has 0 fully saturated rings. The molecule has 8 nitrogen and oxygen atoms in total. The number of nitrogens with one attached hydrogen (secondary N) is 1. The Balaban J connectivity index is 1.55. The minimum atomic E-state index is -0.877. The number of halogens is 1. The Morgan fingerprint density at radius 2 is 2.24 bits per heavy atom. The predicted octanol–water partition coefficient (Wildman–Crippen LogP) is 1.69. The molecule has 1 N–H and O–H groups in total. The fraction of sp³-hybridized carbons (Fsp3) is 0.250. The number of benzene rings is 1. The number of rotatable bonds is 6. The van der Waals surface area contributed by atoms with Crippen molar-refractivity contribution in [1.82, 2.24) is 25.2 Å². The van der Waals surface area contributed by atoms with E-state index in [1.165, 1.54) is 19.1 Å². The van der Waals surface area contributed by atoms with Gasteiger partial charge in [-0.05, 0) is 19.1 Å². The first kappa shape index (κ1) is 16.6. The summed E-state index contributed by atoms with van der Waals surface area (Å²) in [5.74, 6) is -0.315. The zero-order valence-electron chi connectivity index (χ0n) is 13.6. The second-order valence-electron chi connectivity index (χ2n) is 5.32. The fourth-order valence-corrected chi connectivity index (χ4v) is 2.07. The van der Waals surface area contributed by atoms with Gasteiger partial charge in [0.05, 0.1) is 18.3 Å². The smallest absolute Gasteiger partial charge is 0.261 e. The molecule has 130 valence electrons. The van der Waals surface area contributed by atoms with Crippen LogP contribution in [0.5, 0.6) is 5.75 Å². The van der Waals surface area contributed by atoms with Crippen LogP contribution in [0.25, 0.3) is 11.4 Å². The summed E-state index contributed by atoms with van der Waals surface area (Å²) in [6.07, 6.45) is 2.48. The van der Waals surface area contributed by atoms with Crippen LogP contribution in [0.3, 0.4) is 0 Å². The van der Waals surface area contributed by atoms with Gasteiger partial charge in [0, 0.05) is 13.2 Å². The highest BCUT2D eigenvalue weighted by molar-refractivity contribution is 5.80. The van der Waals surface area contributed by atoms with Gasteiger partial charge in [0.25, 0.3) is 5.91 Å². The standard InChI is InChI=1S/C16H16FN5O3/c1-10(24-13-6-4-3-5-12(13)17)16(23)18-8-14-20-15(21-25-14)11-7-19-22(2)9-11/h3-7,9-10H,8H2,1-2H3,(H,18,23)/t10-/m0/s1. The van der Waals surface area contributed by atoms with E-state index in [0.717, 1.165) is 0 Å². The van der Waals surface area contributed by atoms with Crippen molar-refractivity contribution in [3.8, 4) is 17.1 Å². The summed E-state index contributed by atoms with van der Waals surface area (Å²) in [7, 11) is 1.78. The van der Waals surface area contributed by atoms with E-state index in [1.54, 1.807) is 36.3 Å². The van der Waals surface area contributed by atoms with Crippen LogP contribution < -0.4 is 10.1 Å². The summed E-state index contributed by atoms with van der Waals surface area (Å²) < 4.78 is 25.5. The third-order valence-corrected chi connectivity index (χ3v) is 3.35. The van der Waals surface area contributed by atoms with Gasteiger partial charge in [0.1, 0.15) is 0 Å². The van der Waals surface area contributed by atoms with Crippen molar-refractivity contribution in [3.05, 3.63) is 48.4 Å². The fourth-order valence-electron chi connectivity index (χ4n) is 2.07. The summed E-state index contributed by atoms with van der Waals surface area (Å²) in [4.78, 5) is 16.2. The van der Waals surface area contributed by atoms with Gasteiger partial charge in [0.15, 0.2) is 17.7 Å². The van der Waals surface area contributed by atoms with Gasteiger partial charge in [-0.15, -0.1) is 0 Å². The normalized spacial score (nSPS) is 12.0. The zero-order valence-corrected chi connectivity index (χ0v) is 13.6. The second-order valence-corrected chi connectivity index (χ2v) is 5.32. The molecule has 0 aliphatic carbocycles. The molecule has 1 atom stereocenters. The lowest BCUT2D eigenvalue weighted by atomic mass is 10.3. The molecule has 1 aromatic carbocycles. The average Bonchev–Trinajstić information content (AvgIpc) is 3.23. The molecule has 0 radical (unpaired) electrons. The number of para-hydroxylation sites is 1. The van der Waals surface area contributed by atoms with E-state index in [0.29, 0.717) is 11.4 Å². The molecular weight excluding hydrogens is 329 g/mol. The number of carbonyl (C=O) groups is 1. The molecule has 0 saturated carbocycles. The van der Waals surface area contributed by atoms with Gasteiger partial charge in [-0.25, -0.2) is 4.39 Å². The lowest BCUT2D eigenvalue weighted by Crippen LogP contribution is -2.36. The van der Waals surface area contributed by atoms with E-state index in [4.69, 9.17) is 9.26 Å². The van der Waals surface area contributed by atoms with Crippen molar-refractivity contribution in [2.75, 3.05) is 0 Å². The highest BCUT2D eigenvalue weighted by Gasteiger charge is 2.17. The second kappa shape index (κ2) is 7.12. The first-order chi connectivity index (χ1) is 12.0. The number of carbonyl (C=O) groups excluding carboxylic acids is 1. The quantitative estimate of drug-likeness (QED) is 0.730. The largest absolute Gasteiger partial charge is 0.478 e. The number of aryl methyl sites for hydroxylation is 1. The Labute approximate surface area is 142 Å². The van der Waals surface area contributed by atoms with Crippen LogP contribution >= 0.6 is 0 Å². The van der Waals surface area contributed by atoms with Crippen LogP contribution in [0.1, 0.15) is 12.8 Å². The van der Waals surface area contributed by atoms with Crippen LogP contribution in [0.2, 0.25) is 0 Å². The zero-order chi connectivity index (χ0) is 17.8. The van der Waals surface area contributed by atoms with Crippen molar-refractivity contribution >= 4 is 5.91 Å². The third kappa shape index (κ3) is 4.00. The summed E-state index contributed by atoms with van der Waals surface area (Å²) in [5, 5.41) is 10.5. The van der Waals surface area contributed by atoms with Gasteiger partial charge in [-0.2, -0.15) is 10.1 Å². The van der Waals surface area contributed by atoms with Crippen molar-refractivity contribution in [2.24, 2.45) is 7.05 Å². The van der Waals surface area contributed by atoms with Crippen LogP contribution in [-0.4, -0.2) is 31.9 Å². The Kier molecular flexibility index (Phi) is 4.73. The topological polar surface area (TPSA) is 95.1 Å². The van der Waals surface area contributed by atoms with E-state index in [9.17, 15) is 9.18 Å². The predicted molar refractivity (Wildman–Crippen MR) is 84.8 cm³/mol. The van der Waals surface area contributed by atoms with Gasteiger partial charge in [-0.1, -0.05) is 17.3 Å². The monoisotopic (exact) mass is 345 g/mol. The number of amides is 1. The lowest BCUT2D eigenvalue weighted by molar-refractivity contribution is -0.127. The SMILES string of the molecule is C[C@H](Oc1ccccc1F)C(=O)NCc1nc(-c2cnn(C)c2)no1. The first-order valence-corrected chi connectivity index (χ1v) is 7.53. The Morgan fingerprint density at radius 3 is 2.96 bits per heavy atom. The van der Waals surface area contributed by atoms with Crippen molar-refractivity contribution in [1.29, 1.82) is 0 Å².